The molecule has 2 heterocycles. The zero-order valence-corrected chi connectivity index (χ0v) is 9.41. The summed E-state index contributed by atoms with van der Waals surface area (Å²) in [6, 6.07) is 1.85. The minimum atomic E-state index is -0.986. The second-order valence-corrected chi connectivity index (χ2v) is 3.82. The Morgan fingerprint density at radius 1 is 1.72 bits per heavy atom. The summed E-state index contributed by atoms with van der Waals surface area (Å²) in [5.74, 6) is 0.201. The van der Waals surface area contributed by atoms with Crippen LogP contribution in [0.1, 0.15) is 12.1 Å². The average molecular weight is 249 g/mol. The maximum Gasteiger partial charge on any atom is 0.407 e. The predicted octanol–water partition coefficient (Wildman–Crippen LogP) is 0.0616. The standard InChI is InChI=1S/C10H11N5O3/c11-3-7-9(14-8(12)4-13-7)18-6-1-2-15(5-6)10(16)17/h4,6H,1-2,5H2,(H2,12,14)(H,16,17). The first-order chi connectivity index (χ1) is 8.60. The minimum Gasteiger partial charge on any atom is -0.470 e. The number of nitriles is 1. The van der Waals surface area contributed by atoms with Crippen molar-refractivity contribution in [1.29, 1.82) is 5.26 Å². The summed E-state index contributed by atoms with van der Waals surface area (Å²) in [7, 11) is 0. The molecule has 1 fully saturated rings. The molecule has 0 radical (unpaired) electrons. The fraction of sp³-hybridized carbons (Fsp3) is 0.400. The van der Waals surface area contributed by atoms with Gasteiger partial charge in [-0.05, 0) is 0 Å². The van der Waals surface area contributed by atoms with Crippen LogP contribution in [-0.4, -0.2) is 45.3 Å². The molecule has 1 atom stereocenters. The lowest BCUT2D eigenvalue weighted by molar-refractivity contribution is 0.144. The number of carbonyl (C=O) groups is 1. The highest BCUT2D eigenvalue weighted by atomic mass is 16.5. The summed E-state index contributed by atoms with van der Waals surface area (Å²) in [6.45, 7) is 0.647. The van der Waals surface area contributed by atoms with Crippen LogP contribution in [-0.2, 0) is 0 Å². The number of amides is 1. The monoisotopic (exact) mass is 249 g/mol. The summed E-state index contributed by atoms with van der Waals surface area (Å²) >= 11 is 0. The van der Waals surface area contributed by atoms with Crippen LogP contribution in [0.25, 0.3) is 0 Å². The highest BCUT2D eigenvalue weighted by molar-refractivity contribution is 5.65. The number of anilines is 1. The van der Waals surface area contributed by atoms with Crippen LogP contribution in [0, 0.1) is 11.3 Å². The number of nitrogens with zero attached hydrogens (tertiary/aromatic N) is 4. The zero-order chi connectivity index (χ0) is 13.1. The summed E-state index contributed by atoms with van der Waals surface area (Å²) in [6.07, 6.45) is 0.502. The molecule has 1 aromatic heterocycles. The van der Waals surface area contributed by atoms with Crippen molar-refractivity contribution >= 4 is 11.9 Å². The van der Waals surface area contributed by atoms with E-state index in [0.717, 1.165) is 0 Å². The molecule has 18 heavy (non-hydrogen) atoms. The first kappa shape index (κ1) is 11.9. The van der Waals surface area contributed by atoms with Crippen molar-refractivity contribution in [2.75, 3.05) is 18.8 Å². The Hall–Kier alpha value is -2.56. The van der Waals surface area contributed by atoms with E-state index in [2.05, 4.69) is 9.97 Å². The summed E-state index contributed by atoms with van der Waals surface area (Å²) in [4.78, 5) is 19.7. The van der Waals surface area contributed by atoms with Crippen LogP contribution >= 0.6 is 0 Å². The van der Waals surface area contributed by atoms with Gasteiger partial charge in [-0.1, -0.05) is 0 Å². The van der Waals surface area contributed by atoms with Gasteiger partial charge >= 0.3 is 6.09 Å². The number of aromatic nitrogens is 2. The molecule has 0 aromatic carbocycles. The molecule has 1 amide bonds. The van der Waals surface area contributed by atoms with Gasteiger partial charge in [0.15, 0.2) is 0 Å². The Bertz CT molecular complexity index is 513. The van der Waals surface area contributed by atoms with Gasteiger partial charge in [-0.15, -0.1) is 0 Å². The van der Waals surface area contributed by atoms with Gasteiger partial charge in [-0.2, -0.15) is 10.2 Å². The van der Waals surface area contributed by atoms with Gasteiger partial charge < -0.3 is 20.5 Å². The Morgan fingerprint density at radius 3 is 3.11 bits per heavy atom. The molecule has 8 heteroatoms. The maximum absolute atomic E-state index is 10.7. The van der Waals surface area contributed by atoms with Crippen molar-refractivity contribution < 1.29 is 14.6 Å². The van der Waals surface area contributed by atoms with E-state index in [1.54, 1.807) is 0 Å². The van der Waals surface area contributed by atoms with Gasteiger partial charge in [0.05, 0.1) is 12.7 Å². The van der Waals surface area contributed by atoms with E-state index in [0.29, 0.717) is 13.0 Å². The third-order valence-corrected chi connectivity index (χ3v) is 2.56. The lowest BCUT2D eigenvalue weighted by Gasteiger charge is -2.14. The number of likely N-dealkylation sites (tertiary alicyclic amines) is 1. The first-order valence-corrected chi connectivity index (χ1v) is 5.27. The molecule has 1 aromatic rings. The Kier molecular flexibility index (Phi) is 3.14. The number of rotatable bonds is 2. The van der Waals surface area contributed by atoms with Crippen molar-refractivity contribution in [3.8, 4) is 11.9 Å². The second-order valence-electron chi connectivity index (χ2n) is 3.82. The van der Waals surface area contributed by atoms with E-state index in [1.807, 2.05) is 6.07 Å². The number of nitrogens with two attached hydrogens (primary N) is 1. The largest absolute Gasteiger partial charge is 0.470 e. The van der Waals surface area contributed by atoms with Gasteiger partial charge in [0.1, 0.15) is 18.0 Å². The number of nitrogen functional groups attached to an aromatic ring is 1. The molecule has 3 N–H and O–H groups in total. The lowest BCUT2D eigenvalue weighted by atomic mass is 10.3. The lowest BCUT2D eigenvalue weighted by Crippen LogP contribution is -2.29. The van der Waals surface area contributed by atoms with Crippen LogP contribution in [0.15, 0.2) is 6.20 Å². The van der Waals surface area contributed by atoms with Crippen molar-refractivity contribution in [1.82, 2.24) is 14.9 Å². The normalized spacial score (nSPS) is 18.4. The SMILES string of the molecule is N#Cc1ncc(N)nc1OC1CCN(C(=O)O)C1. The smallest absolute Gasteiger partial charge is 0.407 e. The predicted molar refractivity (Wildman–Crippen MR) is 59.8 cm³/mol. The molecule has 1 unspecified atom stereocenters. The van der Waals surface area contributed by atoms with Gasteiger partial charge in [-0.3, -0.25) is 0 Å². The number of ether oxygens (including phenoxy) is 1. The summed E-state index contributed by atoms with van der Waals surface area (Å²) in [5.41, 5.74) is 5.50. The van der Waals surface area contributed by atoms with Crippen LogP contribution < -0.4 is 10.5 Å². The van der Waals surface area contributed by atoms with E-state index < -0.39 is 6.09 Å². The molecular weight excluding hydrogens is 238 g/mol. The average Bonchev–Trinajstić information content (AvgIpc) is 2.78. The van der Waals surface area contributed by atoms with Gasteiger partial charge in [0, 0.05) is 13.0 Å². The number of hydrogen-bond acceptors (Lipinski definition) is 6. The molecule has 0 aliphatic carbocycles. The van der Waals surface area contributed by atoms with Gasteiger partial charge in [0.25, 0.3) is 5.88 Å². The minimum absolute atomic E-state index is 0.0398. The molecule has 1 saturated heterocycles. The van der Waals surface area contributed by atoms with Gasteiger partial charge in [-0.25, -0.2) is 9.78 Å². The van der Waals surface area contributed by atoms with E-state index in [1.165, 1.54) is 11.1 Å². The maximum atomic E-state index is 10.7. The van der Waals surface area contributed by atoms with Gasteiger partial charge in [0.2, 0.25) is 5.69 Å². The molecule has 94 valence electrons. The molecule has 1 aliphatic rings. The van der Waals surface area contributed by atoms with E-state index >= 15 is 0 Å². The topological polar surface area (TPSA) is 125 Å². The molecule has 0 saturated carbocycles. The number of hydrogen-bond donors (Lipinski definition) is 2. The highest BCUT2D eigenvalue weighted by Gasteiger charge is 2.28. The fourth-order valence-electron chi connectivity index (χ4n) is 1.70. The summed E-state index contributed by atoms with van der Waals surface area (Å²) < 4.78 is 5.48. The third kappa shape index (κ3) is 2.40. The van der Waals surface area contributed by atoms with Crippen LogP contribution in [0.3, 0.4) is 0 Å². The van der Waals surface area contributed by atoms with Crippen LogP contribution in [0.2, 0.25) is 0 Å². The Labute approximate surface area is 103 Å². The van der Waals surface area contributed by atoms with Crippen LogP contribution in [0.4, 0.5) is 10.6 Å². The first-order valence-electron chi connectivity index (χ1n) is 5.27. The van der Waals surface area contributed by atoms with Crippen molar-refractivity contribution in [2.24, 2.45) is 0 Å². The van der Waals surface area contributed by atoms with E-state index in [4.69, 9.17) is 20.8 Å². The second kappa shape index (κ2) is 4.75. The quantitative estimate of drug-likeness (QED) is 0.758. The third-order valence-electron chi connectivity index (χ3n) is 2.56. The molecule has 0 bridgehead atoms. The summed E-state index contributed by atoms with van der Waals surface area (Å²) in [5, 5.41) is 17.7. The Morgan fingerprint density at radius 2 is 2.50 bits per heavy atom. The van der Waals surface area contributed by atoms with Crippen molar-refractivity contribution in [2.45, 2.75) is 12.5 Å². The number of carboxylic acid groups (broad SMARTS) is 1. The molecular formula is C10H11N5O3. The van der Waals surface area contributed by atoms with Crippen molar-refractivity contribution in [3.05, 3.63) is 11.9 Å². The zero-order valence-electron chi connectivity index (χ0n) is 9.41. The van der Waals surface area contributed by atoms with Crippen molar-refractivity contribution in [3.63, 3.8) is 0 Å². The highest BCUT2D eigenvalue weighted by Crippen LogP contribution is 2.19. The Balaban J connectivity index is 2.09. The van der Waals surface area contributed by atoms with Crippen LogP contribution in [0.5, 0.6) is 5.88 Å². The molecule has 1 aliphatic heterocycles. The van der Waals surface area contributed by atoms with E-state index in [-0.39, 0.29) is 30.0 Å². The molecule has 2 rings (SSSR count). The van der Waals surface area contributed by atoms with E-state index in [9.17, 15) is 4.79 Å². The fourth-order valence-corrected chi connectivity index (χ4v) is 1.70. The molecule has 8 nitrogen and oxygen atoms in total. The molecule has 0 spiro atoms.